The molecule has 0 atom stereocenters. The molecule has 0 radical (unpaired) electrons. The number of carbonyl (C=O) groups excluding carboxylic acids is 2. The van der Waals surface area contributed by atoms with Crippen LogP contribution in [0.2, 0.25) is 0 Å². The van der Waals surface area contributed by atoms with Crippen LogP contribution in [0.5, 0.6) is 5.75 Å². The lowest BCUT2D eigenvalue weighted by Crippen LogP contribution is -2.26. The van der Waals surface area contributed by atoms with E-state index in [4.69, 9.17) is 4.74 Å². The summed E-state index contributed by atoms with van der Waals surface area (Å²) in [4.78, 5) is 36.3. The van der Waals surface area contributed by atoms with Crippen molar-refractivity contribution >= 4 is 28.8 Å². The van der Waals surface area contributed by atoms with Gasteiger partial charge in [0.15, 0.2) is 6.61 Å². The van der Waals surface area contributed by atoms with Crippen molar-refractivity contribution in [2.45, 2.75) is 6.54 Å². The summed E-state index contributed by atoms with van der Waals surface area (Å²) in [6.45, 7) is 0.242. The van der Waals surface area contributed by atoms with Gasteiger partial charge in [0.05, 0.1) is 24.1 Å². The number of aromatic nitrogens is 3. The molecule has 2 aromatic heterocycles. The Labute approximate surface area is 152 Å². The van der Waals surface area contributed by atoms with Crippen LogP contribution < -0.4 is 15.4 Å². The van der Waals surface area contributed by atoms with Crippen molar-refractivity contribution in [3.63, 3.8) is 0 Å². The van der Waals surface area contributed by atoms with E-state index in [-0.39, 0.29) is 18.4 Å². The lowest BCUT2D eigenvalue weighted by atomic mass is 10.1. The Hall–Kier alpha value is -3.33. The van der Waals surface area contributed by atoms with E-state index in [1.165, 1.54) is 11.3 Å². The van der Waals surface area contributed by atoms with Gasteiger partial charge in [-0.05, 0) is 18.2 Å². The van der Waals surface area contributed by atoms with E-state index in [2.05, 4.69) is 25.6 Å². The van der Waals surface area contributed by atoms with E-state index in [0.717, 1.165) is 10.7 Å². The molecule has 0 spiro atoms. The molecule has 130 valence electrons. The number of hydrogen-bond donors (Lipinski definition) is 2. The second kappa shape index (κ2) is 6.89. The summed E-state index contributed by atoms with van der Waals surface area (Å²) in [6, 6.07) is 4.89. The molecule has 8 nitrogen and oxygen atoms in total. The minimum Gasteiger partial charge on any atom is -0.482 e. The molecule has 0 bridgehead atoms. The van der Waals surface area contributed by atoms with Crippen LogP contribution in [0.4, 0.5) is 5.69 Å². The zero-order chi connectivity index (χ0) is 17.9. The van der Waals surface area contributed by atoms with Crippen LogP contribution in [0.3, 0.4) is 0 Å². The molecule has 0 fully saturated rings. The SMILES string of the molecule is O=C1COc2cc(C(=O)NCc3csc(-c4cnccn4)n3)ccc2N1. The third kappa shape index (κ3) is 3.38. The predicted molar refractivity (Wildman–Crippen MR) is 94.9 cm³/mol. The zero-order valence-corrected chi connectivity index (χ0v) is 14.2. The number of hydrogen-bond acceptors (Lipinski definition) is 7. The van der Waals surface area contributed by atoms with Gasteiger partial charge in [0.2, 0.25) is 0 Å². The Bertz CT molecular complexity index is 974. The molecule has 0 unspecified atom stereocenters. The quantitative estimate of drug-likeness (QED) is 0.729. The lowest BCUT2D eigenvalue weighted by molar-refractivity contribution is -0.118. The number of amides is 2. The monoisotopic (exact) mass is 367 g/mol. The third-order valence-corrected chi connectivity index (χ3v) is 4.55. The number of fused-ring (bicyclic) bond motifs is 1. The second-order valence-electron chi connectivity index (χ2n) is 5.47. The highest BCUT2D eigenvalue weighted by atomic mass is 32.1. The summed E-state index contributed by atoms with van der Waals surface area (Å²) in [5.41, 5.74) is 2.45. The number of nitrogens with zero attached hydrogens (tertiary/aromatic N) is 3. The summed E-state index contributed by atoms with van der Waals surface area (Å²) in [5, 5.41) is 8.13. The Morgan fingerprint density at radius 2 is 2.27 bits per heavy atom. The Balaban J connectivity index is 1.42. The van der Waals surface area contributed by atoms with Crippen molar-refractivity contribution in [2.75, 3.05) is 11.9 Å². The van der Waals surface area contributed by atoms with Gasteiger partial charge in [-0.1, -0.05) is 0 Å². The minimum atomic E-state index is -0.248. The van der Waals surface area contributed by atoms with Crippen molar-refractivity contribution < 1.29 is 14.3 Å². The zero-order valence-electron chi connectivity index (χ0n) is 13.4. The fourth-order valence-electron chi connectivity index (χ4n) is 2.40. The van der Waals surface area contributed by atoms with Crippen molar-refractivity contribution in [2.24, 2.45) is 0 Å². The summed E-state index contributed by atoms with van der Waals surface area (Å²) in [7, 11) is 0. The van der Waals surface area contributed by atoms with E-state index >= 15 is 0 Å². The summed E-state index contributed by atoms with van der Waals surface area (Å²) in [6.07, 6.45) is 4.86. The van der Waals surface area contributed by atoms with Crippen molar-refractivity contribution in [1.82, 2.24) is 20.3 Å². The van der Waals surface area contributed by atoms with Gasteiger partial charge in [-0.15, -0.1) is 11.3 Å². The first-order valence-electron chi connectivity index (χ1n) is 7.75. The first kappa shape index (κ1) is 16.2. The molecule has 1 aliphatic rings. The minimum absolute atomic E-state index is 0.0535. The predicted octanol–water partition coefficient (Wildman–Crippen LogP) is 1.86. The van der Waals surface area contributed by atoms with Crippen LogP contribution in [-0.2, 0) is 11.3 Å². The van der Waals surface area contributed by atoms with Crippen LogP contribution in [0.15, 0.2) is 42.2 Å². The standard InChI is InChI=1S/C17H13N5O3S/c23-15-8-25-14-5-10(1-2-12(14)22-15)16(24)20-6-11-9-26-17(21-11)13-7-18-3-4-19-13/h1-5,7,9H,6,8H2,(H,20,24)(H,22,23). The van der Waals surface area contributed by atoms with Crippen LogP contribution in [0.1, 0.15) is 16.1 Å². The van der Waals surface area contributed by atoms with Gasteiger partial charge in [-0.25, -0.2) is 4.98 Å². The molecule has 0 saturated heterocycles. The number of carbonyl (C=O) groups is 2. The van der Waals surface area contributed by atoms with Gasteiger partial charge >= 0.3 is 0 Å². The first-order chi connectivity index (χ1) is 12.7. The van der Waals surface area contributed by atoms with Crippen LogP contribution in [-0.4, -0.2) is 33.4 Å². The number of thiazole rings is 1. The van der Waals surface area contributed by atoms with Crippen LogP contribution in [0, 0.1) is 0 Å². The fourth-order valence-corrected chi connectivity index (χ4v) is 3.18. The highest BCUT2D eigenvalue weighted by Crippen LogP contribution is 2.28. The maximum absolute atomic E-state index is 12.3. The summed E-state index contributed by atoms with van der Waals surface area (Å²) >= 11 is 1.44. The molecule has 3 aromatic rings. The van der Waals surface area contributed by atoms with Crippen molar-refractivity contribution in [3.05, 3.63) is 53.4 Å². The molecule has 4 rings (SSSR count). The fraction of sp³-hybridized carbons (Fsp3) is 0.118. The van der Waals surface area contributed by atoms with E-state index in [1.54, 1.807) is 36.8 Å². The summed E-state index contributed by atoms with van der Waals surface area (Å²) < 4.78 is 5.33. The second-order valence-corrected chi connectivity index (χ2v) is 6.32. The lowest BCUT2D eigenvalue weighted by Gasteiger charge is -2.18. The largest absolute Gasteiger partial charge is 0.482 e. The molecule has 0 saturated carbocycles. The molecule has 1 aliphatic heterocycles. The molecular weight excluding hydrogens is 354 g/mol. The van der Waals surface area contributed by atoms with Gasteiger partial charge in [-0.2, -0.15) is 0 Å². The Morgan fingerprint density at radius 1 is 1.35 bits per heavy atom. The highest BCUT2D eigenvalue weighted by molar-refractivity contribution is 7.13. The van der Waals surface area contributed by atoms with Crippen LogP contribution in [0.25, 0.3) is 10.7 Å². The highest BCUT2D eigenvalue weighted by Gasteiger charge is 2.18. The van der Waals surface area contributed by atoms with Crippen molar-refractivity contribution in [1.29, 1.82) is 0 Å². The average Bonchev–Trinajstić information content (AvgIpc) is 3.15. The molecule has 9 heteroatoms. The number of ether oxygens (including phenoxy) is 1. The van der Waals surface area contributed by atoms with E-state index < -0.39 is 0 Å². The van der Waals surface area contributed by atoms with Gasteiger partial charge in [0.1, 0.15) is 16.5 Å². The Morgan fingerprint density at radius 3 is 3.12 bits per heavy atom. The van der Waals surface area contributed by atoms with E-state index in [1.807, 2.05) is 5.38 Å². The van der Waals surface area contributed by atoms with Gasteiger partial charge in [0.25, 0.3) is 11.8 Å². The first-order valence-corrected chi connectivity index (χ1v) is 8.63. The number of rotatable bonds is 4. The molecule has 1 aromatic carbocycles. The van der Waals surface area contributed by atoms with Gasteiger partial charge in [-0.3, -0.25) is 19.6 Å². The molecule has 26 heavy (non-hydrogen) atoms. The molecule has 3 heterocycles. The molecule has 2 amide bonds. The maximum Gasteiger partial charge on any atom is 0.262 e. The van der Waals surface area contributed by atoms with Gasteiger partial charge < -0.3 is 15.4 Å². The van der Waals surface area contributed by atoms with E-state index in [9.17, 15) is 9.59 Å². The molecular formula is C17H13N5O3S. The summed E-state index contributed by atoms with van der Waals surface area (Å²) in [5.74, 6) is 0.0235. The third-order valence-electron chi connectivity index (χ3n) is 3.64. The molecule has 0 aliphatic carbocycles. The smallest absolute Gasteiger partial charge is 0.262 e. The number of nitrogens with one attached hydrogen (secondary N) is 2. The molecule has 2 N–H and O–H groups in total. The van der Waals surface area contributed by atoms with Crippen molar-refractivity contribution in [3.8, 4) is 16.5 Å². The van der Waals surface area contributed by atoms with Gasteiger partial charge in [0, 0.05) is 23.3 Å². The topological polar surface area (TPSA) is 106 Å². The average molecular weight is 367 g/mol. The van der Waals surface area contributed by atoms with Crippen LogP contribution >= 0.6 is 11.3 Å². The maximum atomic E-state index is 12.3. The van der Waals surface area contributed by atoms with E-state index in [0.29, 0.717) is 29.2 Å². The number of benzene rings is 1. The number of anilines is 1. The Kier molecular flexibility index (Phi) is 4.28. The normalized spacial score (nSPS) is 12.7.